The van der Waals surface area contributed by atoms with Gasteiger partial charge in [-0.2, -0.15) is 5.10 Å². The summed E-state index contributed by atoms with van der Waals surface area (Å²) in [7, 11) is 4.50. The second-order valence-corrected chi connectivity index (χ2v) is 5.63. The Morgan fingerprint density at radius 1 is 1.07 bits per heavy atom. The fourth-order valence-corrected chi connectivity index (χ4v) is 2.73. The number of rotatable bonds is 7. The number of carbonyl (C=O) groups excluding carboxylic acids is 1. The standard InChI is InChI=1S/C19H20N4O4/c1-25-16-8-7-15(17(26-2)18(16)27-3)19(24)22-14-6-4-5-13(9-14)10-23-12-20-11-21-23/h4-9,11-12H,10H2,1-3H3,(H,22,24). The first-order valence-electron chi connectivity index (χ1n) is 8.18. The molecule has 1 N–H and O–H groups in total. The van der Waals surface area contributed by atoms with Crippen molar-refractivity contribution in [3.8, 4) is 17.2 Å². The molecule has 3 aromatic rings. The predicted octanol–water partition coefficient (Wildman–Crippen LogP) is 2.60. The van der Waals surface area contributed by atoms with Crippen molar-refractivity contribution in [1.82, 2.24) is 14.8 Å². The molecule has 0 aliphatic rings. The number of anilines is 1. The Morgan fingerprint density at radius 2 is 1.89 bits per heavy atom. The van der Waals surface area contributed by atoms with Gasteiger partial charge in [-0.1, -0.05) is 12.1 Å². The van der Waals surface area contributed by atoms with Gasteiger partial charge in [0, 0.05) is 5.69 Å². The van der Waals surface area contributed by atoms with E-state index >= 15 is 0 Å². The summed E-state index contributed by atoms with van der Waals surface area (Å²) in [5.41, 5.74) is 1.99. The van der Waals surface area contributed by atoms with E-state index in [4.69, 9.17) is 14.2 Å². The summed E-state index contributed by atoms with van der Waals surface area (Å²) >= 11 is 0. The summed E-state index contributed by atoms with van der Waals surface area (Å²) in [6.45, 7) is 0.559. The molecule has 1 aromatic heterocycles. The summed E-state index contributed by atoms with van der Waals surface area (Å²) in [4.78, 5) is 16.7. The molecule has 0 fully saturated rings. The van der Waals surface area contributed by atoms with E-state index in [-0.39, 0.29) is 5.91 Å². The number of methoxy groups -OCH3 is 3. The third kappa shape index (κ3) is 4.00. The highest BCUT2D eigenvalue weighted by Crippen LogP contribution is 2.39. The molecule has 0 radical (unpaired) electrons. The highest BCUT2D eigenvalue weighted by Gasteiger charge is 2.20. The van der Waals surface area contributed by atoms with Crippen LogP contribution in [0.4, 0.5) is 5.69 Å². The van der Waals surface area contributed by atoms with E-state index in [1.807, 2.05) is 24.3 Å². The first kappa shape index (κ1) is 18.2. The average Bonchev–Trinajstić information content (AvgIpc) is 3.19. The Kier molecular flexibility index (Phi) is 5.55. The number of nitrogens with one attached hydrogen (secondary N) is 1. The Hall–Kier alpha value is -3.55. The van der Waals surface area contributed by atoms with Gasteiger partial charge in [-0.25, -0.2) is 9.67 Å². The molecule has 140 valence electrons. The monoisotopic (exact) mass is 368 g/mol. The minimum atomic E-state index is -0.314. The number of hydrogen-bond acceptors (Lipinski definition) is 6. The van der Waals surface area contributed by atoms with Crippen LogP contribution in [0.25, 0.3) is 0 Å². The van der Waals surface area contributed by atoms with Gasteiger partial charge < -0.3 is 19.5 Å². The molecule has 27 heavy (non-hydrogen) atoms. The number of benzene rings is 2. The number of carbonyl (C=O) groups is 1. The van der Waals surface area contributed by atoms with Gasteiger partial charge >= 0.3 is 0 Å². The van der Waals surface area contributed by atoms with Crippen LogP contribution in [0.1, 0.15) is 15.9 Å². The molecule has 8 nitrogen and oxygen atoms in total. The second-order valence-electron chi connectivity index (χ2n) is 5.63. The van der Waals surface area contributed by atoms with Gasteiger partial charge in [-0.05, 0) is 29.8 Å². The molecular formula is C19H20N4O4. The molecule has 2 aromatic carbocycles. The van der Waals surface area contributed by atoms with Crippen molar-refractivity contribution in [3.05, 3.63) is 60.2 Å². The molecule has 0 aliphatic heterocycles. The van der Waals surface area contributed by atoms with Crippen molar-refractivity contribution in [1.29, 1.82) is 0 Å². The van der Waals surface area contributed by atoms with Crippen LogP contribution >= 0.6 is 0 Å². The highest BCUT2D eigenvalue weighted by molar-refractivity contribution is 6.07. The smallest absolute Gasteiger partial charge is 0.259 e. The number of amides is 1. The number of aromatic nitrogens is 3. The molecule has 0 saturated heterocycles. The fraction of sp³-hybridized carbons (Fsp3) is 0.211. The topological polar surface area (TPSA) is 87.5 Å². The Labute approximate surface area is 156 Å². The second kappa shape index (κ2) is 8.22. The molecule has 1 amide bonds. The molecule has 0 atom stereocenters. The van der Waals surface area contributed by atoms with Crippen LogP contribution in [0.15, 0.2) is 49.1 Å². The first-order valence-corrected chi connectivity index (χ1v) is 8.18. The van der Waals surface area contributed by atoms with Crippen molar-refractivity contribution in [2.45, 2.75) is 6.54 Å². The van der Waals surface area contributed by atoms with Crippen LogP contribution in [-0.4, -0.2) is 42.0 Å². The van der Waals surface area contributed by atoms with E-state index in [1.165, 1.54) is 27.7 Å². The molecule has 0 bridgehead atoms. The minimum absolute atomic E-state index is 0.313. The van der Waals surface area contributed by atoms with E-state index in [0.717, 1.165) is 5.56 Å². The van der Waals surface area contributed by atoms with Gasteiger partial charge in [0.15, 0.2) is 11.5 Å². The predicted molar refractivity (Wildman–Crippen MR) is 99.6 cm³/mol. The van der Waals surface area contributed by atoms with E-state index in [9.17, 15) is 4.79 Å². The fourth-order valence-electron chi connectivity index (χ4n) is 2.73. The van der Waals surface area contributed by atoms with Gasteiger partial charge in [-0.15, -0.1) is 0 Å². The van der Waals surface area contributed by atoms with Crippen LogP contribution in [0.3, 0.4) is 0 Å². The molecule has 1 heterocycles. The van der Waals surface area contributed by atoms with Gasteiger partial charge in [0.2, 0.25) is 5.75 Å². The molecule has 0 aliphatic carbocycles. The van der Waals surface area contributed by atoms with Crippen LogP contribution in [0.2, 0.25) is 0 Å². The Bertz CT molecular complexity index is 925. The lowest BCUT2D eigenvalue weighted by atomic mass is 10.1. The lowest BCUT2D eigenvalue weighted by Crippen LogP contribution is -2.14. The minimum Gasteiger partial charge on any atom is -0.493 e. The van der Waals surface area contributed by atoms with Crippen molar-refractivity contribution in [2.24, 2.45) is 0 Å². The Balaban J connectivity index is 1.83. The maximum absolute atomic E-state index is 12.8. The zero-order valence-corrected chi connectivity index (χ0v) is 15.3. The van der Waals surface area contributed by atoms with Crippen LogP contribution in [0.5, 0.6) is 17.2 Å². The van der Waals surface area contributed by atoms with E-state index in [2.05, 4.69) is 15.4 Å². The van der Waals surface area contributed by atoms with Crippen molar-refractivity contribution in [3.63, 3.8) is 0 Å². The summed E-state index contributed by atoms with van der Waals surface area (Å²) < 4.78 is 17.7. The molecular weight excluding hydrogens is 348 g/mol. The molecule has 3 rings (SSSR count). The van der Waals surface area contributed by atoms with Gasteiger partial charge in [0.25, 0.3) is 5.91 Å². The highest BCUT2D eigenvalue weighted by atomic mass is 16.5. The molecule has 0 saturated carbocycles. The zero-order chi connectivity index (χ0) is 19.2. The van der Waals surface area contributed by atoms with Gasteiger partial charge in [-0.3, -0.25) is 4.79 Å². The largest absolute Gasteiger partial charge is 0.493 e. The van der Waals surface area contributed by atoms with E-state index in [0.29, 0.717) is 35.0 Å². The summed E-state index contributed by atoms with van der Waals surface area (Å²) in [5.74, 6) is 0.854. The van der Waals surface area contributed by atoms with Crippen LogP contribution in [0, 0.1) is 0 Å². The third-order valence-corrected chi connectivity index (χ3v) is 3.94. The number of hydrogen-bond donors (Lipinski definition) is 1. The lowest BCUT2D eigenvalue weighted by molar-refractivity contribution is 0.102. The summed E-state index contributed by atoms with van der Waals surface area (Å²) in [6, 6.07) is 10.8. The SMILES string of the molecule is COc1ccc(C(=O)Nc2cccc(Cn3cncn3)c2)c(OC)c1OC. The first-order chi connectivity index (χ1) is 13.2. The van der Waals surface area contributed by atoms with Crippen molar-refractivity contribution in [2.75, 3.05) is 26.6 Å². The summed E-state index contributed by atoms with van der Waals surface area (Å²) in [6.07, 6.45) is 3.12. The van der Waals surface area contributed by atoms with Gasteiger partial charge in [0.05, 0.1) is 33.4 Å². The Morgan fingerprint density at radius 3 is 2.56 bits per heavy atom. The molecule has 0 unspecified atom stereocenters. The maximum atomic E-state index is 12.8. The molecule has 8 heteroatoms. The van der Waals surface area contributed by atoms with E-state index < -0.39 is 0 Å². The van der Waals surface area contributed by atoms with Crippen molar-refractivity contribution < 1.29 is 19.0 Å². The van der Waals surface area contributed by atoms with E-state index in [1.54, 1.807) is 23.1 Å². The normalized spacial score (nSPS) is 10.3. The number of ether oxygens (including phenoxy) is 3. The average molecular weight is 368 g/mol. The van der Waals surface area contributed by atoms with Crippen LogP contribution < -0.4 is 19.5 Å². The van der Waals surface area contributed by atoms with Gasteiger partial charge in [0.1, 0.15) is 12.7 Å². The quantitative estimate of drug-likeness (QED) is 0.690. The summed E-state index contributed by atoms with van der Waals surface area (Å²) in [5, 5.41) is 6.96. The lowest BCUT2D eigenvalue weighted by Gasteiger charge is -2.15. The maximum Gasteiger partial charge on any atom is 0.259 e. The molecule has 0 spiro atoms. The van der Waals surface area contributed by atoms with Crippen LogP contribution in [-0.2, 0) is 6.54 Å². The third-order valence-electron chi connectivity index (χ3n) is 3.94. The number of nitrogens with zero attached hydrogens (tertiary/aromatic N) is 3. The zero-order valence-electron chi connectivity index (χ0n) is 15.3. The van der Waals surface area contributed by atoms with Crippen molar-refractivity contribution >= 4 is 11.6 Å².